The van der Waals surface area contributed by atoms with Gasteiger partial charge >= 0.3 is 5.97 Å². The van der Waals surface area contributed by atoms with E-state index in [1.54, 1.807) is 6.92 Å². The molecule has 0 aliphatic heterocycles. The first kappa shape index (κ1) is 15.0. The Kier molecular flexibility index (Phi) is 4.21. The van der Waals surface area contributed by atoms with Crippen LogP contribution in [0.1, 0.15) is 30.0 Å². The zero-order valence-electron chi connectivity index (χ0n) is 11.4. The van der Waals surface area contributed by atoms with Gasteiger partial charge in [0.15, 0.2) is 5.03 Å². The van der Waals surface area contributed by atoms with E-state index in [9.17, 15) is 13.2 Å². The van der Waals surface area contributed by atoms with Crippen LogP contribution in [-0.4, -0.2) is 46.4 Å². The lowest BCUT2D eigenvalue weighted by Gasteiger charge is -2.04. The van der Waals surface area contributed by atoms with E-state index in [0.29, 0.717) is 12.2 Å². The SMILES string of the molecule is CCOC(=O)c1cn[nH]c1S(=O)(=O)Nc1n[nH]c(CC)n1. The summed E-state index contributed by atoms with van der Waals surface area (Å²) in [6.07, 6.45) is 1.66. The quantitative estimate of drug-likeness (QED) is 0.640. The molecule has 0 saturated heterocycles. The molecule has 0 bridgehead atoms. The Balaban J connectivity index is 2.28. The van der Waals surface area contributed by atoms with Gasteiger partial charge < -0.3 is 4.74 Å². The van der Waals surface area contributed by atoms with E-state index in [0.717, 1.165) is 6.20 Å². The van der Waals surface area contributed by atoms with Crippen molar-refractivity contribution in [3.8, 4) is 0 Å². The van der Waals surface area contributed by atoms with Gasteiger partial charge in [0, 0.05) is 6.42 Å². The van der Waals surface area contributed by atoms with E-state index in [4.69, 9.17) is 4.74 Å². The molecule has 3 N–H and O–H groups in total. The van der Waals surface area contributed by atoms with Gasteiger partial charge in [-0.2, -0.15) is 18.5 Å². The fourth-order valence-corrected chi connectivity index (χ4v) is 2.54. The molecule has 2 aromatic rings. The van der Waals surface area contributed by atoms with Crippen LogP contribution < -0.4 is 4.72 Å². The minimum absolute atomic E-state index is 0.115. The van der Waals surface area contributed by atoms with E-state index in [-0.39, 0.29) is 18.1 Å². The van der Waals surface area contributed by atoms with Crippen LogP contribution in [0.4, 0.5) is 5.95 Å². The number of anilines is 1. The highest BCUT2D eigenvalue weighted by Crippen LogP contribution is 2.16. The Hall–Kier alpha value is -2.43. The van der Waals surface area contributed by atoms with Crippen LogP contribution >= 0.6 is 0 Å². The maximum Gasteiger partial charge on any atom is 0.342 e. The molecule has 2 aromatic heterocycles. The number of nitrogens with one attached hydrogen (secondary N) is 3. The van der Waals surface area contributed by atoms with Gasteiger partial charge in [0.25, 0.3) is 16.0 Å². The standard InChI is InChI=1S/C10H14N6O4S/c1-3-7-12-10(15-13-7)16-21(18,19)8-6(5-11-14-8)9(17)20-4-2/h5H,3-4H2,1-2H3,(H,11,14)(H2,12,13,15,16). The molecule has 0 atom stereocenters. The van der Waals surface area contributed by atoms with Crippen molar-refractivity contribution in [1.82, 2.24) is 25.4 Å². The molecule has 0 fully saturated rings. The molecule has 0 aliphatic carbocycles. The third kappa shape index (κ3) is 3.18. The summed E-state index contributed by atoms with van der Waals surface area (Å²) >= 11 is 0. The van der Waals surface area contributed by atoms with Crippen molar-refractivity contribution in [3.05, 3.63) is 17.6 Å². The number of carbonyl (C=O) groups excluding carboxylic acids is 1. The molecule has 0 saturated carbocycles. The Morgan fingerprint density at radius 3 is 2.76 bits per heavy atom. The molecule has 0 amide bonds. The highest BCUT2D eigenvalue weighted by atomic mass is 32.2. The molecule has 0 aromatic carbocycles. The molecular formula is C10H14N6O4S. The molecule has 2 heterocycles. The number of aromatic amines is 2. The first-order valence-electron chi connectivity index (χ1n) is 6.12. The van der Waals surface area contributed by atoms with Crippen LogP contribution in [0.15, 0.2) is 11.2 Å². The average molecular weight is 314 g/mol. The van der Waals surface area contributed by atoms with Crippen LogP contribution in [-0.2, 0) is 21.2 Å². The second-order valence-electron chi connectivity index (χ2n) is 3.90. The molecule has 21 heavy (non-hydrogen) atoms. The van der Waals surface area contributed by atoms with Gasteiger partial charge in [0.1, 0.15) is 11.4 Å². The number of rotatable bonds is 6. The summed E-state index contributed by atoms with van der Waals surface area (Å²) in [6, 6.07) is 0. The van der Waals surface area contributed by atoms with Gasteiger partial charge in [-0.25, -0.2) is 9.52 Å². The monoisotopic (exact) mass is 314 g/mol. The number of hydrogen-bond acceptors (Lipinski definition) is 7. The van der Waals surface area contributed by atoms with E-state index < -0.39 is 21.0 Å². The lowest BCUT2D eigenvalue weighted by atomic mass is 10.4. The number of aryl methyl sites for hydroxylation is 1. The van der Waals surface area contributed by atoms with Crippen LogP contribution in [0.3, 0.4) is 0 Å². The number of ether oxygens (including phenoxy) is 1. The molecule has 0 radical (unpaired) electrons. The van der Waals surface area contributed by atoms with Crippen molar-refractivity contribution >= 4 is 21.9 Å². The van der Waals surface area contributed by atoms with Crippen LogP contribution in [0.2, 0.25) is 0 Å². The Morgan fingerprint density at radius 2 is 2.14 bits per heavy atom. The predicted octanol–water partition coefficient (Wildman–Crippen LogP) is 0.0677. The number of sulfonamides is 1. The zero-order chi connectivity index (χ0) is 15.5. The van der Waals surface area contributed by atoms with Gasteiger partial charge in [0.05, 0.1) is 12.8 Å². The van der Waals surface area contributed by atoms with E-state index in [1.807, 2.05) is 6.92 Å². The van der Waals surface area contributed by atoms with Crippen molar-refractivity contribution in [2.24, 2.45) is 0 Å². The van der Waals surface area contributed by atoms with E-state index >= 15 is 0 Å². The summed E-state index contributed by atoms with van der Waals surface area (Å²) in [4.78, 5) is 15.6. The van der Waals surface area contributed by atoms with Gasteiger partial charge in [-0.15, -0.1) is 5.10 Å². The maximum atomic E-state index is 12.2. The number of hydrogen-bond donors (Lipinski definition) is 3. The second kappa shape index (κ2) is 5.91. The number of esters is 1. The van der Waals surface area contributed by atoms with E-state index in [1.165, 1.54) is 0 Å². The van der Waals surface area contributed by atoms with Crippen molar-refractivity contribution in [2.45, 2.75) is 25.3 Å². The van der Waals surface area contributed by atoms with Gasteiger partial charge in [-0.1, -0.05) is 6.92 Å². The topological polar surface area (TPSA) is 143 Å². The van der Waals surface area contributed by atoms with Gasteiger partial charge in [-0.3, -0.25) is 10.2 Å². The first-order valence-corrected chi connectivity index (χ1v) is 7.60. The molecule has 0 spiro atoms. The fraction of sp³-hybridized carbons (Fsp3) is 0.400. The lowest BCUT2D eigenvalue weighted by Crippen LogP contribution is -2.18. The molecular weight excluding hydrogens is 300 g/mol. The number of aromatic nitrogens is 5. The van der Waals surface area contributed by atoms with Gasteiger partial charge in [0.2, 0.25) is 0 Å². The maximum absolute atomic E-state index is 12.2. The molecule has 10 nitrogen and oxygen atoms in total. The van der Waals surface area contributed by atoms with Crippen LogP contribution in [0.25, 0.3) is 0 Å². The minimum Gasteiger partial charge on any atom is -0.462 e. The Bertz CT molecular complexity index is 734. The third-order valence-corrected chi connectivity index (χ3v) is 3.76. The second-order valence-corrected chi connectivity index (χ2v) is 5.52. The smallest absolute Gasteiger partial charge is 0.342 e. The van der Waals surface area contributed by atoms with Gasteiger partial charge in [-0.05, 0) is 6.92 Å². The highest BCUT2D eigenvalue weighted by Gasteiger charge is 2.27. The minimum atomic E-state index is -4.07. The van der Waals surface area contributed by atoms with Crippen molar-refractivity contribution in [3.63, 3.8) is 0 Å². The van der Waals surface area contributed by atoms with Crippen molar-refractivity contribution in [2.75, 3.05) is 11.3 Å². The summed E-state index contributed by atoms with van der Waals surface area (Å²) in [5.41, 5.74) is -0.185. The number of carbonyl (C=O) groups is 1. The summed E-state index contributed by atoms with van der Waals surface area (Å²) in [7, 11) is -4.07. The first-order chi connectivity index (χ1) is 9.97. The largest absolute Gasteiger partial charge is 0.462 e. The lowest BCUT2D eigenvalue weighted by molar-refractivity contribution is 0.0522. The molecule has 0 unspecified atom stereocenters. The Labute approximate surface area is 120 Å². The third-order valence-electron chi connectivity index (χ3n) is 2.46. The summed E-state index contributed by atoms with van der Waals surface area (Å²) in [6.45, 7) is 3.58. The van der Waals surface area contributed by atoms with Crippen molar-refractivity contribution < 1.29 is 17.9 Å². The van der Waals surface area contributed by atoms with Crippen LogP contribution in [0, 0.1) is 0 Å². The highest BCUT2D eigenvalue weighted by molar-refractivity contribution is 7.92. The molecule has 0 aliphatic rings. The zero-order valence-corrected chi connectivity index (χ0v) is 12.2. The Morgan fingerprint density at radius 1 is 1.38 bits per heavy atom. The molecule has 11 heteroatoms. The van der Waals surface area contributed by atoms with Crippen molar-refractivity contribution in [1.29, 1.82) is 0 Å². The number of H-pyrrole nitrogens is 2. The average Bonchev–Trinajstić information content (AvgIpc) is 3.06. The molecule has 2 rings (SSSR count). The molecule has 114 valence electrons. The number of nitrogens with zero attached hydrogens (tertiary/aromatic N) is 3. The normalized spacial score (nSPS) is 11.3. The summed E-state index contributed by atoms with van der Waals surface area (Å²) in [5, 5.41) is 11.7. The van der Waals surface area contributed by atoms with Crippen LogP contribution in [0.5, 0.6) is 0 Å². The predicted molar refractivity (Wildman–Crippen MR) is 71.1 cm³/mol. The van der Waals surface area contributed by atoms with E-state index in [2.05, 4.69) is 30.1 Å². The summed E-state index contributed by atoms with van der Waals surface area (Å²) in [5.74, 6) is -0.366. The fourth-order valence-electron chi connectivity index (χ4n) is 1.50. The summed E-state index contributed by atoms with van der Waals surface area (Å²) < 4.78 is 31.3.